The number of hydrogen-bond donors (Lipinski definition) is 1. The van der Waals surface area contributed by atoms with Crippen LogP contribution < -0.4 is 5.73 Å². The molecule has 1 rings (SSSR count). The van der Waals surface area contributed by atoms with Crippen molar-refractivity contribution in [3.8, 4) is 0 Å². The summed E-state index contributed by atoms with van der Waals surface area (Å²) in [6, 6.07) is 0. The van der Waals surface area contributed by atoms with Gasteiger partial charge in [0.15, 0.2) is 0 Å². The van der Waals surface area contributed by atoms with Gasteiger partial charge in [-0.1, -0.05) is 13.8 Å². The van der Waals surface area contributed by atoms with Crippen LogP contribution in [0.3, 0.4) is 0 Å². The fraction of sp³-hybridized carbons (Fsp3) is 0.923. The molecule has 0 aliphatic carbocycles. The normalized spacial score (nSPS) is 22.2. The Balaban J connectivity index is 2.46. The Morgan fingerprint density at radius 1 is 1.53 bits per heavy atom. The van der Waals surface area contributed by atoms with Gasteiger partial charge < -0.3 is 15.4 Å². The molecule has 2 unspecified atom stereocenters. The zero-order valence-corrected chi connectivity index (χ0v) is 11.3. The van der Waals surface area contributed by atoms with E-state index >= 15 is 0 Å². The summed E-state index contributed by atoms with van der Waals surface area (Å²) in [7, 11) is 1.71. The van der Waals surface area contributed by atoms with Gasteiger partial charge in [0, 0.05) is 32.7 Å². The minimum absolute atomic E-state index is 0.00343. The monoisotopic (exact) mass is 242 g/mol. The highest BCUT2D eigenvalue weighted by atomic mass is 16.5. The van der Waals surface area contributed by atoms with Crippen molar-refractivity contribution in [3.05, 3.63) is 0 Å². The summed E-state index contributed by atoms with van der Waals surface area (Å²) < 4.78 is 5.14. The third kappa shape index (κ3) is 4.28. The van der Waals surface area contributed by atoms with Crippen molar-refractivity contribution in [1.29, 1.82) is 0 Å². The first-order chi connectivity index (χ1) is 8.08. The number of methoxy groups -OCH3 is 1. The van der Waals surface area contributed by atoms with Gasteiger partial charge in [-0.2, -0.15) is 0 Å². The lowest BCUT2D eigenvalue weighted by Gasteiger charge is -2.23. The van der Waals surface area contributed by atoms with Crippen molar-refractivity contribution in [3.63, 3.8) is 0 Å². The molecule has 1 aliphatic heterocycles. The molecular weight excluding hydrogens is 216 g/mol. The molecule has 1 fully saturated rings. The molecule has 1 amide bonds. The number of nitrogens with zero attached hydrogens (tertiary/aromatic N) is 1. The molecular formula is C13H26N2O2. The van der Waals surface area contributed by atoms with E-state index in [2.05, 4.69) is 13.8 Å². The van der Waals surface area contributed by atoms with Crippen LogP contribution in [0.1, 0.15) is 26.7 Å². The van der Waals surface area contributed by atoms with Crippen LogP contribution in [-0.2, 0) is 9.53 Å². The molecule has 0 aromatic carbocycles. The summed E-state index contributed by atoms with van der Waals surface area (Å²) in [5.41, 5.74) is 5.71. The number of carbonyl (C=O) groups excluding carboxylic acids is 1. The maximum absolute atomic E-state index is 12.3. The fourth-order valence-electron chi connectivity index (χ4n) is 2.53. The average molecular weight is 242 g/mol. The van der Waals surface area contributed by atoms with E-state index in [1.165, 1.54) is 0 Å². The molecule has 0 bridgehead atoms. The molecule has 1 heterocycles. The van der Waals surface area contributed by atoms with Gasteiger partial charge in [-0.15, -0.1) is 0 Å². The van der Waals surface area contributed by atoms with Crippen LogP contribution in [0.2, 0.25) is 0 Å². The van der Waals surface area contributed by atoms with Crippen LogP contribution in [0.25, 0.3) is 0 Å². The first-order valence-electron chi connectivity index (χ1n) is 6.56. The minimum atomic E-state index is -0.00343. The molecule has 17 heavy (non-hydrogen) atoms. The highest BCUT2D eigenvalue weighted by Crippen LogP contribution is 2.21. The lowest BCUT2D eigenvalue weighted by molar-refractivity contribution is -0.134. The van der Waals surface area contributed by atoms with E-state index < -0.39 is 0 Å². The summed E-state index contributed by atoms with van der Waals surface area (Å²) in [4.78, 5) is 14.2. The molecule has 100 valence electrons. The number of amides is 1. The lowest BCUT2D eigenvalue weighted by Crippen LogP contribution is -2.38. The minimum Gasteiger partial charge on any atom is -0.384 e. The third-order valence-corrected chi connectivity index (χ3v) is 3.39. The molecule has 1 aliphatic rings. The Morgan fingerprint density at radius 3 is 2.76 bits per heavy atom. The van der Waals surface area contributed by atoms with Crippen LogP contribution in [0.15, 0.2) is 0 Å². The number of carbonyl (C=O) groups is 1. The molecule has 4 heteroatoms. The molecule has 2 atom stereocenters. The van der Waals surface area contributed by atoms with Crippen molar-refractivity contribution in [2.24, 2.45) is 23.5 Å². The Kier molecular flexibility index (Phi) is 5.92. The van der Waals surface area contributed by atoms with Gasteiger partial charge in [0.2, 0.25) is 5.91 Å². The summed E-state index contributed by atoms with van der Waals surface area (Å²) in [6.45, 7) is 7.17. The van der Waals surface area contributed by atoms with Gasteiger partial charge in [-0.05, 0) is 18.8 Å². The van der Waals surface area contributed by atoms with Crippen LogP contribution in [0, 0.1) is 17.8 Å². The number of hydrogen-bond acceptors (Lipinski definition) is 3. The van der Waals surface area contributed by atoms with Gasteiger partial charge in [0.1, 0.15) is 0 Å². The maximum Gasteiger partial charge on any atom is 0.226 e. The van der Waals surface area contributed by atoms with Crippen molar-refractivity contribution >= 4 is 5.91 Å². The number of nitrogens with two attached hydrogens (primary N) is 1. The Bertz CT molecular complexity index is 244. The second-order valence-electron chi connectivity index (χ2n) is 5.46. The number of rotatable bonds is 6. The van der Waals surface area contributed by atoms with Gasteiger partial charge in [-0.25, -0.2) is 0 Å². The number of ether oxygens (including phenoxy) is 1. The first kappa shape index (κ1) is 14.5. The summed E-state index contributed by atoms with van der Waals surface area (Å²) in [6.07, 6.45) is 1.94. The Morgan fingerprint density at radius 2 is 2.24 bits per heavy atom. The number of likely N-dealkylation sites (tertiary alicyclic amines) is 1. The van der Waals surface area contributed by atoms with Crippen molar-refractivity contribution in [2.75, 3.05) is 33.4 Å². The SMILES string of the molecule is COCC1CCN(C(=O)C(CN)CC(C)C)C1. The Hall–Kier alpha value is -0.610. The second kappa shape index (κ2) is 6.97. The standard InChI is InChI=1S/C13H26N2O2/c1-10(2)6-12(7-14)13(16)15-5-4-11(8-15)9-17-3/h10-12H,4-9,14H2,1-3H3. The quantitative estimate of drug-likeness (QED) is 0.759. The van der Waals surface area contributed by atoms with Crippen molar-refractivity contribution < 1.29 is 9.53 Å². The molecule has 0 saturated carbocycles. The second-order valence-corrected chi connectivity index (χ2v) is 5.46. The van der Waals surface area contributed by atoms with Gasteiger partial charge in [0.25, 0.3) is 0 Å². The van der Waals surface area contributed by atoms with Gasteiger partial charge in [-0.3, -0.25) is 4.79 Å². The summed E-state index contributed by atoms with van der Waals surface area (Å²) in [5, 5.41) is 0. The van der Waals surface area contributed by atoms with Crippen LogP contribution in [-0.4, -0.2) is 44.2 Å². The van der Waals surface area contributed by atoms with Gasteiger partial charge >= 0.3 is 0 Å². The van der Waals surface area contributed by atoms with E-state index in [1.54, 1.807) is 7.11 Å². The van der Waals surface area contributed by atoms with Gasteiger partial charge in [0.05, 0.1) is 12.5 Å². The zero-order valence-electron chi connectivity index (χ0n) is 11.3. The largest absolute Gasteiger partial charge is 0.384 e. The van der Waals surface area contributed by atoms with E-state index in [9.17, 15) is 4.79 Å². The zero-order chi connectivity index (χ0) is 12.8. The van der Waals surface area contributed by atoms with Crippen molar-refractivity contribution in [2.45, 2.75) is 26.7 Å². The first-order valence-corrected chi connectivity index (χ1v) is 6.56. The average Bonchev–Trinajstić information content (AvgIpc) is 2.74. The summed E-state index contributed by atoms with van der Waals surface area (Å²) in [5.74, 6) is 1.25. The summed E-state index contributed by atoms with van der Waals surface area (Å²) >= 11 is 0. The van der Waals surface area contributed by atoms with Crippen LogP contribution in [0.4, 0.5) is 0 Å². The topological polar surface area (TPSA) is 55.6 Å². The lowest BCUT2D eigenvalue weighted by atomic mass is 9.96. The van der Waals surface area contributed by atoms with E-state index in [1.807, 2.05) is 4.90 Å². The predicted octanol–water partition coefficient (Wildman–Crippen LogP) is 1.10. The molecule has 0 radical (unpaired) electrons. The molecule has 2 N–H and O–H groups in total. The molecule has 0 aromatic rings. The van der Waals surface area contributed by atoms with E-state index in [0.717, 1.165) is 32.5 Å². The van der Waals surface area contributed by atoms with Crippen LogP contribution >= 0.6 is 0 Å². The highest BCUT2D eigenvalue weighted by molar-refractivity contribution is 5.79. The van der Waals surface area contributed by atoms with Crippen LogP contribution in [0.5, 0.6) is 0 Å². The fourth-order valence-corrected chi connectivity index (χ4v) is 2.53. The Labute approximate surface area is 104 Å². The molecule has 4 nitrogen and oxygen atoms in total. The molecule has 0 spiro atoms. The molecule has 0 aromatic heterocycles. The maximum atomic E-state index is 12.3. The molecule has 1 saturated heterocycles. The van der Waals surface area contributed by atoms with E-state index in [0.29, 0.717) is 18.4 Å². The van der Waals surface area contributed by atoms with E-state index in [-0.39, 0.29) is 11.8 Å². The predicted molar refractivity (Wildman–Crippen MR) is 68.6 cm³/mol. The van der Waals surface area contributed by atoms with E-state index in [4.69, 9.17) is 10.5 Å². The highest BCUT2D eigenvalue weighted by Gasteiger charge is 2.30. The smallest absolute Gasteiger partial charge is 0.226 e. The van der Waals surface area contributed by atoms with Crippen molar-refractivity contribution in [1.82, 2.24) is 4.90 Å². The third-order valence-electron chi connectivity index (χ3n) is 3.39.